The molecule has 0 aliphatic carbocycles. The highest BCUT2D eigenvalue weighted by molar-refractivity contribution is 5.71. The van der Waals surface area contributed by atoms with Crippen LogP contribution < -0.4 is 0 Å². The van der Waals surface area contributed by atoms with E-state index in [0.717, 1.165) is 128 Å². The van der Waals surface area contributed by atoms with Crippen molar-refractivity contribution in [2.75, 3.05) is 13.2 Å². The van der Waals surface area contributed by atoms with Gasteiger partial charge >= 0.3 is 17.9 Å². The molecule has 0 aromatic carbocycles. The number of carbonyl (C=O) groups excluding carboxylic acids is 3. The molecule has 0 aromatic heterocycles. The number of hydrogen-bond acceptors (Lipinski definition) is 6. The van der Waals surface area contributed by atoms with E-state index in [0.29, 0.717) is 12.8 Å². The van der Waals surface area contributed by atoms with Gasteiger partial charge in [-0.3, -0.25) is 14.4 Å². The topological polar surface area (TPSA) is 78.9 Å². The first-order valence-corrected chi connectivity index (χ1v) is 27.7. The molecule has 1 atom stereocenters. The summed E-state index contributed by atoms with van der Waals surface area (Å²) >= 11 is 0. The molecule has 0 aliphatic heterocycles. The zero-order valence-corrected chi connectivity index (χ0v) is 44.3. The highest BCUT2D eigenvalue weighted by Crippen LogP contribution is 2.12. The third kappa shape index (κ3) is 54.4. The van der Waals surface area contributed by atoms with Crippen LogP contribution in [0.3, 0.4) is 0 Å². The first-order valence-electron chi connectivity index (χ1n) is 27.7. The highest BCUT2D eigenvalue weighted by Gasteiger charge is 2.19. The molecule has 0 N–H and O–H groups in total. The van der Waals surface area contributed by atoms with Crippen molar-refractivity contribution in [1.29, 1.82) is 0 Å². The van der Waals surface area contributed by atoms with Crippen LogP contribution in [0.1, 0.15) is 226 Å². The van der Waals surface area contributed by atoms with E-state index in [-0.39, 0.29) is 44.0 Å². The summed E-state index contributed by atoms with van der Waals surface area (Å²) < 4.78 is 16.8. The third-order valence-electron chi connectivity index (χ3n) is 11.1. The molecular formula is C63H100O6. The molecule has 0 bridgehead atoms. The fraction of sp³-hybridized carbons (Fsp3) is 0.603. The number of unbranched alkanes of at least 4 members (excludes halogenated alkanes) is 15. The molecule has 0 fully saturated rings. The normalized spacial score (nSPS) is 13.1. The summed E-state index contributed by atoms with van der Waals surface area (Å²) in [6.07, 6.45) is 78.6. The van der Waals surface area contributed by atoms with Crippen molar-refractivity contribution in [3.63, 3.8) is 0 Å². The second-order valence-electron chi connectivity index (χ2n) is 17.7. The number of ether oxygens (including phenoxy) is 3. The molecule has 0 spiro atoms. The monoisotopic (exact) mass is 953 g/mol. The minimum atomic E-state index is -0.827. The Bertz CT molecular complexity index is 1510. The van der Waals surface area contributed by atoms with E-state index in [4.69, 9.17) is 14.2 Å². The van der Waals surface area contributed by atoms with Crippen LogP contribution in [0.25, 0.3) is 0 Å². The van der Waals surface area contributed by atoms with Gasteiger partial charge in [-0.15, -0.1) is 0 Å². The zero-order chi connectivity index (χ0) is 50.0. The summed E-state index contributed by atoms with van der Waals surface area (Å²) in [7, 11) is 0. The van der Waals surface area contributed by atoms with Crippen LogP contribution in [0, 0.1) is 0 Å². The molecule has 388 valence electrons. The minimum absolute atomic E-state index is 0.123. The summed E-state index contributed by atoms with van der Waals surface area (Å²) in [5.74, 6) is -1.03. The van der Waals surface area contributed by atoms with Crippen LogP contribution in [0.2, 0.25) is 0 Å². The number of allylic oxidation sites excluding steroid dienone is 22. The molecule has 0 unspecified atom stereocenters. The maximum absolute atomic E-state index is 12.8. The Morgan fingerprint density at radius 2 is 0.580 bits per heavy atom. The van der Waals surface area contributed by atoms with Crippen molar-refractivity contribution in [2.45, 2.75) is 232 Å². The summed E-state index contributed by atoms with van der Waals surface area (Å²) in [5.41, 5.74) is 0. The van der Waals surface area contributed by atoms with Gasteiger partial charge in [0, 0.05) is 19.3 Å². The van der Waals surface area contributed by atoms with Crippen molar-refractivity contribution >= 4 is 17.9 Å². The van der Waals surface area contributed by atoms with Gasteiger partial charge in [-0.2, -0.15) is 0 Å². The molecular weight excluding hydrogens is 853 g/mol. The lowest BCUT2D eigenvalue weighted by molar-refractivity contribution is -0.167. The SMILES string of the molecule is CCC=CCC=CCC=CCC=CCC=CCCCCCC(=O)OC[C@@H](COC(=O)CCCC=CCC=CCC=CCC=CCCCCC)OC(=O)CCCCCCCC=CCC=CCCCCC. The Labute approximate surface area is 424 Å². The Kier molecular flexibility index (Phi) is 52.5. The fourth-order valence-corrected chi connectivity index (χ4v) is 6.96. The van der Waals surface area contributed by atoms with Gasteiger partial charge in [0.15, 0.2) is 6.10 Å². The highest BCUT2D eigenvalue weighted by atomic mass is 16.6. The molecule has 6 nitrogen and oxygen atoms in total. The minimum Gasteiger partial charge on any atom is -0.462 e. The van der Waals surface area contributed by atoms with Gasteiger partial charge < -0.3 is 14.2 Å². The predicted octanol–water partition coefficient (Wildman–Crippen LogP) is 18.6. The van der Waals surface area contributed by atoms with Crippen molar-refractivity contribution in [3.8, 4) is 0 Å². The molecule has 0 radical (unpaired) electrons. The van der Waals surface area contributed by atoms with E-state index < -0.39 is 6.10 Å². The Balaban J connectivity index is 4.58. The van der Waals surface area contributed by atoms with Crippen LogP contribution >= 0.6 is 0 Å². The second-order valence-corrected chi connectivity index (χ2v) is 17.7. The van der Waals surface area contributed by atoms with Crippen LogP contribution in [-0.2, 0) is 28.6 Å². The molecule has 0 rings (SSSR count). The number of hydrogen-bond donors (Lipinski definition) is 0. The zero-order valence-electron chi connectivity index (χ0n) is 44.3. The maximum Gasteiger partial charge on any atom is 0.306 e. The van der Waals surface area contributed by atoms with Crippen LogP contribution in [0.4, 0.5) is 0 Å². The Morgan fingerprint density at radius 3 is 0.957 bits per heavy atom. The first-order chi connectivity index (χ1) is 34.0. The van der Waals surface area contributed by atoms with Crippen molar-refractivity contribution < 1.29 is 28.6 Å². The van der Waals surface area contributed by atoms with E-state index >= 15 is 0 Å². The van der Waals surface area contributed by atoms with Gasteiger partial charge in [0.2, 0.25) is 0 Å². The van der Waals surface area contributed by atoms with E-state index in [2.05, 4.69) is 154 Å². The van der Waals surface area contributed by atoms with E-state index in [1.54, 1.807) is 0 Å². The van der Waals surface area contributed by atoms with E-state index in [9.17, 15) is 14.4 Å². The lowest BCUT2D eigenvalue weighted by atomic mass is 10.1. The quantitative estimate of drug-likeness (QED) is 0.0262. The lowest BCUT2D eigenvalue weighted by Gasteiger charge is -2.18. The second kappa shape index (κ2) is 56.1. The van der Waals surface area contributed by atoms with Gasteiger partial charge in [0.25, 0.3) is 0 Å². The van der Waals surface area contributed by atoms with Gasteiger partial charge in [0.05, 0.1) is 0 Å². The number of esters is 3. The van der Waals surface area contributed by atoms with Crippen molar-refractivity contribution in [2.24, 2.45) is 0 Å². The standard InChI is InChI=1S/C63H100O6/c1-4-7-10-13-16-19-22-25-28-30-31-33-36-38-41-44-47-50-53-56-62(65)68-59-60(69-63(66)57-54-51-48-45-42-39-34-27-24-21-18-15-12-9-6-3)58-67-61(64)55-52-49-46-43-40-37-35-32-29-26-23-20-17-14-11-8-5-2/h7,10,16-21,25-29,31,33-35,37-38,41,43,46,60H,4-6,8-9,11-15,22-24,30,32,36,39-40,42,44-45,47-59H2,1-3H3/t60-/m1/s1. The van der Waals surface area contributed by atoms with Gasteiger partial charge in [-0.25, -0.2) is 0 Å². The largest absolute Gasteiger partial charge is 0.462 e. The molecule has 0 saturated carbocycles. The summed E-state index contributed by atoms with van der Waals surface area (Å²) in [5, 5.41) is 0. The molecule has 0 saturated heterocycles. The lowest BCUT2D eigenvalue weighted by Crippen LogP contribution is -2.30. The van der Waals surface area contributed by atoms with Crippen LogP contribution in [-0.4, -0.2) is 37.2 Å². The molecule has 0 heterocycles. The van der Waals surface area contributed by atoms with Crippen LogP contribution in [0.15, 0.2) is 134 Å². The smallest absolute Gasteiger partial charge is 0.306 e. The van der Waals surface area contributed by atoms with Crippen LogP contribution in [0.5, 0.6) is 0 Å². The molecule has 6 heteroatoms. The maximum atomic E-state index is 12.8. The number of carbonyl (C=O) groups is 3. The van der Waals surface area contributed by atoms with Gasteiger partial charge in [-0.05, 0) is 135 Å². The molecule has 0 aliphatic rings. The van der Waals surface area contributed by atoms with Gasteiger partial charge in [-0.1, -0.05) is 206 Å². The fourth-order valence-electron chi connectivity index (χ4n) is 6.96. The predicted molar refractivity (Wildman–Crippen MR) is 297 cm³/mol. The average Bonchev–Trinajstić information content (AvgIpc) is 3.35. The Morgan fingerprint density at radius 1 is 0.304 bits per heavy atom. The summed E-state index contributed by atoms with van der Waals surface area (Å²) in [4.78, 5) is 38.1. The van der Waals surface area contributed by atoms with Crippen molar-refractivity contribution in [1.82, 2.24) is 0 Å². The summed E-state index contributed by atoms with van der Waals surface area (Å²) in [6.45, 7) is 6.37. The first kappa shape index (κ1) is 64.5. The van der Waals surface area contributed by atoms with E-state index in [1.807, 2.05) is 0 Å². The summed E-state index contributed by atoms with van der Waals surface area (Å²) in [6, 6.07) is 0. The molecule has 0 aromatic rings. The van der Waals surface area contributed by atoms with Crippen molar-refractivity contribution in [3.05, 3.63) is 134 Å². The van der Waals surface area contributed by atoms with E-state index in [1.165, 1.54) is 51.4 Å². The molecule has 69 heavy (non-hydrogen) atoms. The number of rotatable bonds is 48. The average molecular weight is 953 g/mol. The third-order valence-corrected chi connectivity index (χ3v) is 11.1. The molecule has 0 amide bonds. The Hall–Kier alpha value is -4.45. The van der Waals surface area contributed by atoms with Gasteiger partial charge in [0.1, 0.15) is 13.2 Å².